The van der Waals surface area contributed by atoms with Crippen LogP contribution in [0.2, 0.25) is 0 Å². The Labute approximate surface area is 126 Å². The summed E-state index contributed by atoms with van der Waals surface area (Å²) in [6.07, 6.45) is -0.894. The van der Waals surface area contributed by atoms with Gasteiger partial charge in [0.2, 0.25) is 0 Å². The molecule has 0 radical (unpaired) electrons. The van der Waals surface area contributed by atoms with E-state index in [4.69, 9.17) is 9.47 Å². The molecule has 0 bridgehead atoms. The first-order valence-electron chi connectivity index (χ1n) is 6.57. The van der Waals surface area contributed by atoms with E-state index in [-0.39, 0.29) is 5.75 Å². The highest BCUT2D eigenvalue weighted by Crippen LogP contribution is 2.23. The van der Waals surface area contributed by atoms with Gasteiger partial charge < -0.3 is 14.8 Å². The molecule has 6 heteroatoms. The highest BCUT2D eigenvalue weighted by atomic mass is 19.2. The number of carbonyl (C=O) groups is 1. The van der Waals surface area contributed by atoms with Crippen LogP contribution in [-0.2, 0) is 4.79 Å². The van der Waals surface area contributed by atoms with Crippen molar-refractivity contribution < 1.29 is 23.0 Å². The fourth-order valence-corrected chi connectivity index (χ4v) is 1.79. The van der Waals surface area contributed by atoms with Gasteiger partial charge in [-0.3, -0.25) is 4.79 Å². The minimum Gasteiger partial charge on any atom is -0.495 e. The molecule has 0 aliphatic carbocycles. The summed E-state index contributed by atoms with van der Waals surface area (Å²) in [7, 11) is 1.49. The molecule has 0 aromatic heterocycles. The molecule has 1 atom stereocenters. The second kappa shape index (κ2) is 6.89. The predicted molar refractivity (Wildman–Crippen MR) is 78.1 cm³/mol. The van der Waals surface area contributed by atoms with E-state index < -0.39 is 23.6 Å². The van der Waals surface area contributed by atoms with Crippen molar-refractivity contribution >= 4 is 11.6 Å². The van der Waals surface area contributed by atoms with Crippen molar-refractivity contribution in [1.29, 1.82) is 0 Å². The Hall–Kier alpha value is -2.63. The van der Waals surface area contributed by atoms with Crippen LogP contribution in [-0.4, -0.2) is 19.1 Å². The second-order valence-electron chi connectivity index (χ2n) is 4.53. The molecule has 0 aliphatic rings. The molecule has 4 nitrogen and oxygen atoms in total. The number of carbonyl (C=O) groups excluding carboxylic acids is 1. The Morgan fingerprint density at radius 2 is 1.86 bits per heavy atom. The number of hydrogen-bond acceptors (Lipinski definition) is 3. The molecule has 0 aliphatic heterocycles. The van der Waals surface area contributed by atoms with Crippen LogP contribution in [0.4, 0.5) is 14.5 Å². The van der Waals surface area contributed by atoms with Gasteiger partial charge in [-0.15, -0.1) is 0 Å². The monoisotopic (exact) mass is 307 g/mol. The van der Waals surface area contributed by atoms with Gasteiger partial charge in [0.25, 0.3) is 5.91 Å². The van der Waals surface area contributed by atoms with E-state index in [1.54, 1.807) is 24.3 Å². The van der Waals surface area contributed by atoms with Gasteiger partial charge in [0.1, 0.15) is 11.5 Å². The first-order valence-corrected chi connectivity index (χ1v) is 6.57. The van der Waals surface area contributed by atoms with Crippen molar-refractivity contribution in [2.24, 2.45) is 0 Å². The van der Waals surface area contributed by atoms with Crippen molar-refractivity contribution in [2.75, 3.05) is 12.4 Å². The Morgan fingerprint density at radius 3 is 2.55 bits per heavy atom. The zero-order valence-electron chi connectivity index (χ0n) is 12.1. The fourth-order valence-electron chi connectivity index (χ4n) is 1.79. The largest absolute Gasteiger partial charge is 0.495 e. The van der Waals surface area contributed by atoms with Crippen molar-refractivity contribution in [3.8, 4) is 11.5 Å². The quantitative estimate of drug-likeness (QED) is 0.921. The van der Waals surface area contributed by atoms with Gasteiger partial charge in [0, 0.05) is 6.07 Å². The van der Waals surface area contributed by atoms with Crippen molar-refractivity contribution in [1.82, 2.24) is 0 Å². The van der Waals surface area contributed by atoms with E-state index >= 15 is 0 Å². The SMILES string of the molecule is COc1ccccc1NC(=O)C(C)Oc1ccc(F)c(F)c1. The summed E-state index contributed by atoms with van der Waals surface area (Å²) in [5.41, 5.74) is 0.496. The predicted octanol–water partition coefficient (Wildman–Crippen LogP) is 3.38. The van der Waals surface area contributed by atoms with Crippen LogP contribution in [0.3, 0.4) is 0 Å². The van der Waals surface area contributed by atoms with Gasteiger partial charge >= 0.3 is 0 Å². The van der Waals surface area contributed by atoms with E-state index in [0.717, 1.165) is 12.1 Å². The molecule has 0 heterocycles. The fraction of sp³-hybridized carbons (Fsp3) is 0.188. The lowest BCUT2D eigenvalue weighted by molar-refractivity contribution is -0.122. The second-order valence-corrected chi connectivity index (χ2v) is 4.53. The Kier molecular flexibility index (Phi) is 4.93. The molecule has 2 aromatic rings. The number of rotatable bonds is 5. The maximum atomic E-state index is 13.1. The van der Waals surface area contributed by atoms with Crippen LogP contribution in [0.15, 0.2) is 42.5 Å². The zero-order chi connectivity index (χ0) is 16.1. The summed E-state index contributed by atoms with van der Waals surface area (Å²) in [6, 6.07) is 10.00. The molecule has 116 valence electrons. The molecular weight excluding hydrogens is 292 g/mol. The van der Waals surface area contributed by atoms with E-state index in [2.05, 4.69) is 5.32 Å². The number of hydrogen-bond donors (Lipinski definition) is 1. The van der Waals surface area contributed by atoms with E-state index in [0.29, 0.717) is 11.4 Å². The molecule has 0 saturated carbocycles. The Bertz CT molecular complexity index is 676. The third kappa shape index (κ3) is 3.72. The van der Waals surface area contributed by atoms with Crippen LogP contribution in [0.25, 0.3) is 0 Å². The van der Waals surface area contributed by atoms with Crippen LogP contribution < -0.4 is 14.8 Å². The third-order valence-electron chi connectivity index (χ3n) is 2.94. The molecule has 2 aromatic carbocycles. The van der Waals surface area contributed by atoms with Gasteiger partial charge in [-0.2, -0.15) is 0 Å². The molecule has 22 heavy (non-hydrogen) atoms. The van der Waals surface area contributed by atoms with Crippen molar-refractivity contribution in [3.63, 3.8) is 0 Å². The third-order valence-corrected chi connectivity index (χ3v) is 2.94. The number of benzene rings is 2. The summed E-state index contributed by atoms with van der Waals surface area (Å²) < 4.78 is 36.4. The molecule has 2 rings (SSSR count). The summed E-state index contributed by atoms with van der Waals surface area (Å²) in [5.74, 6) is -1.86. The highest BCUT2D eigenvalue weighted by molar-refractivity contribution is 5.95. The molecule has 0 spiro atoms. The number of ether oxygens (including phenoxy) is 2. The van der Waals surface area contributed by atoms with Crippen LogP contribution in [0.5, 0.6) is 11.5 Å². The van der Waals surface area contributed by atoms with E-state index in [9.17, 15) is 13.6 Å². The van der Waals surface area contributed by atoms with Gasteiger partial charge in [0.05, 0.1) is 12.8 Å². The average molecular weight is 307 g/mol. The maximum absolute atomic E-state index is 13.1. The summed E-state index contributed by atoms with van der Waals surface area (Å²) in [4.78, 5) is 12.1. The number of halogens is 2. The topological polar surface area (TPSA) is 47.6 Å². The normalized spacial score (nSPS) is 11.6. The lowest BCUT2D eigenvalue weighted by Gasteiger charge is -2.16. The first-order chi connectivity index (χ1) is 10.5. The average Bonchev–Trinajstić information content (AvgIpc) is 2.51. The Balaban J connectivity index is 2.04. The van der Waals surface area contributed by atoms with E-state index in [1.165, 1.54) is 20.1 Å². The van der Waals surface area contributed by atoms with Gasteiger partial charge in [-0.25, -0.2) is 8.78 Å². The lowest BCUT2D eigenvalue weighted by atomic mass is 10.2. The van der Waals surface area contributed by atoms with Crippen LogP contribution in [0.1, 0.15) is 6.92 Å². The van der Waals surface area contributed by atoms with Crippen LogP contribution >= 0.6 is 0 Å². The number of amides is 1. The van der Waals surface area contributed by atoms with E-state index in [1.807, 2.05) is 0 Å². The minimum atomic E-state index is -1.03. The summed E-state index contributed by atoms with van der Waals surface area (Å²) in [5, 5.41) is 2.65. The number of para-hydroxylation sites is 2. The zero-order valence-corrected chi connectivity index (χ0v) is 12.1. The lowest BCUT2D eigenvalue weighted by Crippen LogP contribution is -2.30. The minimum absolute atomic E-state index is 0.0709. The summed E-state index contributed by atoms with van der Waals surface area (Å²) >= 11 is 0. The highest BCUT2D eigenvalue weighted by Gasteiger charge is 2.17. The van der Waals surface area contributed by atoms with Crippen molar-refractivity contribution in [2.45, 2.75) is 13.0 Å². The van der Waals surface area contributed by atoms with Gasteiger partial charge in [-0.05, 0) is 31.2 Å². The molecule has 0 saturated heterocycles. The number of methoxy groups -OCH3 is 1. The standard InChI is InChI=1S/C16H15F2NO3/c1-10(22-11-7-8-12(17)13(18)9-11)16(20)19-14-5-3-4-6-15(14)21-2/h3-10H,1-2H3,(H,19,20). The molecular formula is C16H15F2NO3. The Morgan fingerprint density at radius 1 is 1.14 bits per heavy atom. The summed E-state index contributed by atoms with van der Waals surface area (Å²) in [6.45, 7) is 1.51. The smallest absolute Gasteiger partial charge is 0.265 e. The molecule has 1 unspecified atom stereocenters. The van der Waals surface area contributed by atoms with Crippen molar-refractivity contribution in [3.05, 3.63) is 54.1 Å². The molecule has 1 N–H and O–H groups in total. The molecule has 1 amide bonds. The number of nitrogens with one attached hydrogen (secondary N) is 1. The van der Waals surface area contributed by atoms with Gasteiger partial charge in [0.15, 0.2) is 17.7 Å². The number of anilines is 1. The maximum Gasteiger partial charge on any atom is 0.265 e. The van der Waals surface area contributed by atoms with Gasteiger partial charge in [-0.1, -0.05) is 12.1 Å². The molecule has 0 fully saturated rings. The van der Waals surface area contributed by atoms with Crippen LogP contribution in [0, 0.1) is 11.6 Å². The first kappa shape index (κ1) is 15.8.